The van der Waals surface area contributed by atoms with Gasteiger partial charge in [-0.2, -0.15) is 0 Å². The minimum absolute atomic E-state index is 0.209. The Morgan fingerprint density at radius 1 is 1.31 bits per heavy atom. The number of nitrogens with zero attached hydrogens (tertiary/aromatic N) is 1. The molecule has 0 saturated carbocycles. The van der Waals surface area contributed by atoms with Crippen LogP contribution in [-0.2, 0) is 4.79 Å². The predicted octanol–water partition coefficient (Wildman–Crippen LogP) is 3.29. The summed E-state index contributed by atoms with van der Waals surface area (Å²) in [5.41, 5.74) is -0.0455. The molecule has 0 N–H and O–H groups in total. The van der Waals surface area contributed by atoms with Gasteiger partial charge in [0, 0.05) is 19.0 Å². The van der Waals surface area contributed by atoms with Crippen LogP contribution < -0.4 is 0 Å². The van der Waals surface area contributed by atoms with E-state index in [1.54, 1.807) is 0 Å². The second-order valence-corrected chi connectivity index (χ2v) is 6.59. The lowest BCUT2D eigenvalue weighted by Gasteiger charge is -2.30. The third kappa shape index (κ3) is 3.38. The number of carbonyl (C=O) groups excluding carboxylic acids is 1. The smallest absolute Gasteiger partial charge is 0.229 e. The van der Waals surface area contributed by atoms with Gasteiger partial charge in [-0.15, -0.1) is 11.6 Å². The Bertz CT molecular complexity index is 261. The maximum absolute atomic E-state index is 12.3. The fraction of sp³-hybridized carbons (Fsp3) is 0.923. The standard InChI is InChI=1S/C13H24ClNO/c1-12(2)6-5-8-15(9-7-12)11(16)13(3,4)10-14/h5-10H2,1-4H3. The number of carbonyl (C=O) groups is 1. The van der Waals surface area contributed by atoms with E-state index in [0.717, 1.165) is 25.9 Å². The molecule has 1 aliphatic rings. The van der Waals surface area contributed by atoms with Gasteiger partial charge in [0.25, 0.3) is 0 Å². The van der Waals surface area contributed by atoms with E-state index in [-0.39, 0.29) is 5.91 Å². The Kier molecular flexibility index (Phi) is 4.28. The SMILES string of the molecule is CC1(C)CCCN(C(=O)C(C)(C)CCl)CC1. The highest BCUT2D eigenvalue weighted by Gasteiger charge is 2.33. The molecule has 0 spiro atoms. The number of rotatable bonds is 2. The first-order valence-corrected chi connectivity index (χ1v) is 6.67. The predicted molar refractivity (Wildman–Crippen MR) is 68.7 cm³/mol. The van der Waals surface area contributed by atoms with E-state index in [9.17, 15) is 4.79 Å². The van der Waals surface area contributed by atoms with Gasteiger partial charge in [0.05, 0.1) is 5.41 Å². The van der Waals surface area contributed by atoms with Gasteiger partial charge in [0.1, 0.15) is 0 Å². The van der Waals surface area contributed by atoms with Gasteiger partial charge in [0.15, 0.2) is 0 Å². The largest absolute Gasteiger partial charge is 0.342 e. The van der Waals surface area contributed by atoms with Crippen molar-refractivity contribution in [2.45, 2.75) is 47.0 Å². The van der Waals surface area contributed by atoms with Crippen molar-refractivity contribution in [2.24, 2.45) is 10.8 Å². The lowest BCUT2D eigenvalue weighted by molar-refractivity contribution is -0.139. The summed E-state index contributed by atoms with van der Waals surface area (Å²) < 4.78 is 0. The van der Waals surface area contributed by atoms with Gasteiger partial charge < -0.3 is 4.90 Å². The molecule has 3 heteroatoms. The van der Waals surface area contributed by atoms with E-state index >= 15 is 0 Å². The molecule has 16 heavy (non-hydrogen) atoms. The molecule has 1 amide bonds. The molecule has 0 aliphatic carbocycles. The molecule has 2 nitrogen and oxygen atoms in total. The van der Waals surface area contributed by atoms with E-state index in [2.05, 4.69) is 13.8 Å². The highest BCUT2D eigenvalue weighted by Crippen LogP contribution is 2.31. The van der Waals surface area contributed by atoms with E-state index in [0.29, 0.717) is 11.3 Å². The molecular weight excluding hydrogens is 222 g/mol. The van der Waals surface area contributed by atoms with Crippen molar-refractivity contribution in [3.63, 3.8) is 0 Å². The van der Waals surface area contributed by atoms with Crippen LogP contribution in [0.25, 0.3) is 0 Å². The maximum Gasteiger partial charge on any atom is 0.229 e. The summed E-state index contributed by atoms with van der Waals surface area (Å²) >= 11 is 5.86. The van der Waals surface area contributed by atoms with Gasteiger partial charge in [-0.05, 0) is 38.5 Å². The van der Waals surface area contributed by atoms with Crippen molar-refractivity contribution in [1.29, 1.82) is 0 Å². The summed E-state index contributed by atoms with van der Waals surface area (Å²) in [5, 5.41) is 0. The molecule has 1 rings (SSSR count). The monoisotopic (exact) mass is 245 g/mol. The summed E-state index contributed by atoms with van der Waals surface area (Å²) in [6.07, 6.45) is 3.41. The molecule has 1 heterocycles. The summed E-state index contributed by atoms with van der Waals surface area (Å²) in [5.74, 6) is 0.603. The maximum atomic E-state index is 12.3. The zero-order chi connectivity index (χ0) is 12.4. The van der Waals surface area contributed by atoms with Crippen LogP contribution in [-0.4, -0.2) is 29.8 Å². The van der Waals surface area contributed by atoms with Crippen molar-refractivity contribution in [2.75, 3.05) is 19.0 Å². The second kappa shape index (κ2) is 4.95. The molecule has 0 aromatic heterocycles. The number of likely N-dealkylation sites (tertiary alicyclic amines) is 1. The van der Waals surface area contributed by atoms with Gasteiger partial charge in [-0.3, -0.25) is 4.79 Å². The van der Waals surface area contributed by atoms with Crippen molar-refractivity contribution in [1.82, 2.24) is 4.90 Å². The van der Waals surface area contributed by atoms with Gasteiger partial charge in [-0.1, -0.05) is 13.8 Å². The third-order valence-corrected chi connectivity index (χ3v) is 4.21. The molecule has 1 aliphatic heterocycles. The van der Waals surface area contributed by atoms with Crippen molar-refractivity contribution in [3.8, 4) is 0 Å². The Balaban J connectivity index is 2.65. The number of alkyl halides is 1. The molecular formula is C13H24ClNO. The zero-order valence-electron chi connectivity index (χ0n) is 11.0. The lowest BCUT2D eigenvalue weighted by atomic mass is 9.85. The number of hydrogen-bond donors (Lipinski definition) is 0. The van der Waals surface area contributed by atoms with E-state index in [1.807, 2.05) is 18.7 Å². The van der Waals surface area contributed by atoms with Crippen LogP contribution >= 0.6 is 11.6 Å². The van der Waals surface area contributed by atoms with E-state index in [1.165, 1.54) is 6.42 Å². The fourth-order valence-corrected chi connectivity index (χ4v) is 2.23. The Hall–Kier alpha value is -0.240. The molecule has 1 fully saturated rings. The van der Waals surface area contributed by atoms with Crippen LogP contribution in [0, 0.1) is 10.8 Å². The minimum atomic E-state index is -0.421. The topological polar surface area (TPSA) is 20.3 Å². The Morgan fingerprint density at radius 2 is 1.94 bits per heavy atom. The van der Waals surface area contributed by atoms with Gasteiger partial charge >= 0.3 is 0 Å². The van der Waals surface area contributed by atoms with Crippen LogP contribution in [0.5, 0.6) is 0 Å². The Morgan fingerprint density at radius 3 is 2.50 bits per heavy atom. The van der Waals surface area contributed by atoms with Crippen LogP contribution in [0.3, 0.4) is 0 Å². The van der Waals surface area contributed by atoms with Gasteiger partial charge in [-0.25, -0.2) is 0 Å². The fourth-order valence-electron chi connectivity index (χ4n) is 2.11. The second-order valence-electron chi connectivity index (χ2n) is 6.33. The Labute approximate surface area is 104 Å². The molecule has 1 saturated heterocycles. The van der Waals surface area contributed by atoms with Crippen LogP contribution in [0.15, 0.2) is 0 Å². The van der Waals surface area contributed by atoms with Crippen LogP contribution in [0.4, 0.5) is 0 Å². The highest BCUT2D eigenvalue weighted by atomic mass is 35.5. The summed E-state index contributed by atoms with van der Waals surface area (Å²) in [6, 6.07) is 0. The van der Waals surface area contributed by atoms with Crippen molar-refractivity contribution >= 4 is 17.5 Å². The number of amides is 1. The van der Waals surface area contributed by atoms with Crippen LogP contribution in [0.1, 0.15) is 47.0 Å². The summed E-state index contributed by atoms with van der Waals surface area (Å²) in [6.45, 7) is 10.2. The quantitative estimate of drug-likeness (QED) is 0.684. The van der Waals surface area contributed by atoms with Gasteiger partial charge in [0.2, 0.25) is 5.91 Å². The molecule has 0 aromatic rings. The van der Waals surface area contributed by atoms with Crippen molar-refractivity contribution in [3.05, 3.63) is 0 Å². The normalized spacial score (nSPS) is 21.7. The summed E-state index contributed by atoms with van der Waals surface area (Å²) in [7, 11) is 0. The summed E-state index contributed by atoms with van der Waals surface area (Å²) in [4.78, 5) is 14.3. The first-order chi connectivity index (χ1) is 7.28. The highest BCUT2D eigenvalue weighted by molar-refractivity contribution is 6.19. The van der Waals surface area contributed by atoms with E-state index < -0.39 is 5.41 Å². The molecule has 0 bridgehead atoms. The first kappa shape index (κ1) is 13.8. The first-order valence-electron chi connectivity index (χ1n) is 6.14. The average Bonchev–Trinajstić information content (AvgIpc) is 2.38. The molecule has 0 atom stereocenters. The molecule has 94 valence electrons. The van der Waals surface area contributed by atoms with Crippen LogP contribution in [0.2, 0.25) is 0 Å². The molecule has 0 radical (unpaired) electrons. The molecule has 0 aromatic carbocycles. The van der Waals surface area contributed by atoms with Crippen molar-refractivity contribution < 1.29 is 4.79 Å². The number of hydrogen-bond acceptors (Lipinski definition) is 1. The number of halogens is 1. The zero-order valence-corrected chi connectivity index (χ0v) is 11.7. The third-order valence-electron chi connectivity index (χ3n) is 3.54. The lowest BCUT2D eigenvalue weighted by Crippen LogP contribution is -2.42. The van der Waals surface area contributed by atoms with E-state index in [4.69, 9.17) is 11.6 Å². The average molecular weight is 246 g/mol. The molecule has 0 unspecified atom stereocenters. The minimum Gasteiger partial charge on any atom is -0.342 e.